The maximum atomic E-state index is 11.8. The van der Waals surface area contributed by atoms with Crippen LogP contribution in [0.5, 0.6) is 0 Å². The van der Waals surface area contributed by atoms with Crippen LogP contribution >= 0.6 is 0 Å². The van der Waals surface area contributed by atoms with Crippen LogP contribution in [0.2, 0.25) is 0 Å². The number of carbonyl (C=O) groups is 1. The summed E-state index contributed by atoms with van der Waals surface area (Å²) in [5.74, 6) is -1.16. The molecule has 0 bridgehead atoms. The van der Waals surface area contributed by atoms with Gasteiger partial charge in [-0.15, -0.1) is 0 Å². The molecule has 0 spiro atoms. The summed E-state index contributed by atoms with van der Waals surface area (Å²) >= 11 is 0. The van der Waals surface area contributed by atoms with E-state index in [4.69, 9.17) is 5.11 Å². The minimum atomic E-state index is -3.25. The molecule has 1 N–H and O–H groups in total. The largest absolute Gasteiger partial charge is 0.478 e. The fraction of sp³-hybridized carbons (Fsp3) is 0.143. The van der Waals surface area contributed by atoms with E-state index in [1.165, 1.54) is 29.0 Å². The molecular formula is C14H13NO5S. The van der Waals surface area contributed by atoms with Crippen LogP contribution in [0.1, 0.15) is 15.9 Å². The molecule has 0 fully saturated rings. The summed E-state index contributed by atoms with van der Waals surface area (Å²) in [7, 11) is -3.25. The zero-order valence-corrected chi connectivity index (χ0v) is 12.0. The summed E-state index contributed by atoms with van der Waals surface area (Å²) in [4.78, 5) is 22.7. The normalized spacial score (nSPS) is 11.3. The van der Waals surface area contributed by atoms with Crippen LogP contribution in [0.4, 0.5) is 0 Å². The van der Waals surface area contributed by atoms with Gasteiger partial charge >= 0.3 is 5.97 Å². The lowest BCUT2D eigenvalue weighted by Crippen LogP contribution is -2.20. The van der Waals surface area contributed by atoms with Gasteiger partial charge in [-0.1, -0.05) is 12.1 Å². The first kappa shape index (κ1) is 15.0. The maximum absolute atomic E-state index is 11.8. The van der Waals surface area contributed by atoms with Crippen molar-refractivity contribution in [2.75, 3.05) is 6.26 Å². The van der Waals surface area contributed by atoms with E-state index < -0.39 is 21.4 Å². The minimum absolute atomic E-state index is 0.0660. The van der Waals surface area contributed by atoms with Crippen LogP contribution in [-0.2, 0) is 16.4 Å². The van der Waals surface area contributed by atoms with E-state index in [2.05, 4.69) is 0 Å². The summed E-state index contributed by atoms with van der Waals surface area (Å²) in [6.45, 7) is 0.239. The molecule has 6 nitrogen and oxygen atoms in total. The van der Waals surface area contributed by atoms with Gasteiger partial charge in [-0.05, 0) is 23.8 Å². The highest BCUT2D eigenvalue weighted by Crippen LogP contribution is 2.11. The number of carboxylic acids is 1. The van der Waals surface area contributed by atoms with E-state index in [0.717, 1.165) is 17.9 Å². The fourth-order valence-corrected chi connectivity index (χ4v) is 2.44. The quantitative estimate of drug-likeness (QED) is 0.909. The molecule has 0 aliphatic heterocycles. The number of hydrogen-bond acceptors (Lipinski definition) is 4. The van der Waals surface area contributed by atoms with Crippen LogP contribution in [0, 0.1) is 0 Å². The van der Waals surface area contributed by atoms with Gasteiger partial charge in [0, 0.05) is 18.5 Å². The Bertz CT molecular complexity index is 834. The zero-order valence-electron chi connectivity index (χ0n) is 11.2. The molecule has 110 valence electrons. The lowest BCUT2D eigenvalue weighted by atomic mass is 10.2. The van der Waals surface area contributed by atoms with Crippen molar-refractivity contribution in [1.29, 1.82) is 0 Å². The third-order valence-electron chi connectivity index (χ3n) is 2.95. The van der Waals surface area contributed by atoms with Gasteiger partial charge in [0.1, 0.15) is 0 Å². The lowest BCUT2D eigenvalue weighted by molar-refractivity contribution is 0.0696. The van der Waals surface area contributed by atoms with Crippen LogP contribution in [0.25, 0.3) is 0 Å². The second kappa shape index (κ2) is 5.53. The van der Waals surface area contributed by atoms with Gasteiger partial charge in [0.15, 0.2) is 9.84 Å². The molecule has 1 aromatic carbocycles. The number of hydrogen-bond donors (Lipinski definition) is 1. The Morgan fingerprint density at radius 1 is 1.19 bits per heavy atom. The molecule has 0 saturated heterocycles. The first-order valence-electron chi connectivity index (χ1n) is 6.00. The van der Waals surface area contributed by atoms with E-state index in [9.17, 15) is 18.0 Å². The van der Waals surface area contributed by atoms with Crippen LogP contribution in [0.15, 0.2) is 52.3 Å². The highest BCUT2D eigenvalue weighted by atomic mass is 32.2. The monoisotopic (exact) mass is 307 g/mol. The summed E-state index contributed by atoms with van der Waals surface area (Å²) in [6.07, 6.45) is 2.52. The molecule has 0 saturated carbocycles. The van der Waals surface area contributed by atoms with Gasteiger partial charge in [0.25, 0.3) is 5.56 Å². The van der Waals surface area contributed by atoms with E-state index in [-0.39, 0.29) is 17.0 Å². The molecule has 2 rings (SSSR count). The number of nitrogens with zero attached hydrogens (tertiary/aromatic N) is 1. The van der Waals surface area contributed by atoms with Crippen LogP contribution in [0.3, 0.4) is 0 Å². The summed E-state index contributed by atoms with van der Waals surface area (Å²) < 4.78 is 24.0. The zero-order chi connectivity index (χ0) is 15.6. The highest BCUT2D eigenvalue weighted by Gasteiger charge is 2.08. The molecule has 7 heteroatoms. The summed E-state index contributed by atoms with van der Waals surface area (Å²) in [6, 6.07) is 8.58. The highest BCUT2D eigenvalue weighted by molar-refractivity contribution is 7.90. The average molecular weight is 307 g/mol. The average Bonchev–Trinajstić information content (AvgIpc) is 2.40. The molecule has 0 atom stereocenters. The molecule has 21 heavy (non-hydrogen) atoms. The molecule has 0 amide bonds. The van der Waals surface area contributed by atoms with Crippen molar-refractivity contribution in [3.63, 3.8) is 0 Å². The molecule has 0 radical (unpaired) electrons. The second-order valence-corrected chi connectivity index (χ2v) is 6.62. The Hall–Kier alpha value is -2.41. The van der Waals surface area contributed by atoms with E-state index in [1.807, 2.05) is 0 Å². The standard InChI is InChI=1S/C14H13NO5S/c1-21(19,20)12-4-2-10(3-5-12)9-15-7-6-11(14(17)18)8-13(15)16/h2-8H,9H2,1H3,(H,17,18). The smallest absolute Gasteiger partial charge is 0.335 e. The van der Waals surface area contributed by atoms with Crippen molar-refractivity contribution in [2.24, 2.45) is 0 Å². The van der Waals surface area contributed by atoms with Crippen LogP contribution in [-0.4, -0.2) is 30.3 Å². The second-order valence-electron chi connectivity index (χ2n) is 4.60. The predicted octanol–water partition coefficient (Wildman–Crippen LogP) is 0.998. The first-order chi connectivity index (χ1) is 9.77. The molecule has 2 aromatic rings. The number of pyridine rings is 1. The minimum Gasteiger partial charge on any atom is -0.478 e. The molecule has 1 heterocycles. The van der Waals surface area contributed by atoms with Crippen molar-refractivity contribution in [2.45, 2.75) is 11.4 Å². The Morgan fingerprint density at radius 2 is 1.81 bits per heavy atom. The number of rotatable bonds is 4. The van der Waals surface area contributed by atoms with Crippen LogP contribution < -0.4 is 5.56 Å². The Kier molecular flexibility index (Phi) is 3.95. The van der Waals surface area contributed by atoms with Gasteiger partial charge in [-0.25, -0.2) is 13.2 Å². The Labute approximate surface area is 121 Å². The molecular weight excluding hydrogens is 294 g/mol. The topological polar surface area (TPSA) is 93.4 Å². The van der Waals surface area contributed by atoms with Gasteiger partial charge in [0.2, 0.25) is 0 Å². The number of aromatic carboxylic acids is 1. The number of carboxylic acid groups (broad SMARTS) is 1. The molecule has 1 aromatic heterocycles. The Balaban J connectivity index is 2.27. The molecule has 0 unspecified atom stereocenters. The van der Waals surface area contributed by atoms with Crippen molar-refractivity contribution in [3.05, 3.63) is 64.1 Å². The maximum Gasteiger partial charge on any atom is 0.335 e. The van der Waals surface area contributed by atoms with Gasteiger partial charge < -0.3 is 9.67 Å². The third-order valence-corrected chi connectivity index (χ3v) is 4.08. The lowest BCUT2D eigenvalue weighted by Gasteiger charge is -2.07. The van der Waals surface area contributed by atoms with E-state index >= 15 is 0 Å². The fourth-order valence-electron chi connectivity index (χ4n) is 1.81. The Morgan fingerprint density at radius 3 is 2.29 bits per heavy atom. The van der Waals surface area contributed by atoms with Gasteiger partial charge in [-0.2, -0.15) is 0 Å². The van der Waals surface area contributed by atoms with Crippen molar-refractivity contribution in [3.8, 4) is 0 Å². The third kappa shape index (κ3) is 3.57. The van der Waals surface area contributed by atoms with Gasteiger partial charge in [0.05, 0.1) is 17.0 Å². The first-order valence-corrected chi connectivity index (χ1v) is 7.89. The van der Waals surface area contributed by atoms with Gasteiger partial charge in [-0.3, -0.25) is 4.79 Å². The summed E-state index contributed by atoms with van der Waals surface area (Å²) in [5, 5.41) is 8.79. The number of sulfone groups is 1. The SMILES string of the molecule is CS(=O)(=O)c1ccc(Cn2ccc(C(=O)O)cc2=O)cc1. The summed E-state index contributed by atoms with van der Waals surface area (Å²) in [5.41, 5.74) is 0.248. The van der Waals surface area contributed by atoms with Crippen molar-refractivity contribution in [1.82, 2.24) is 4.57 Å². The predicted molar refractivity (Wildman–Crippen MR) is 76.3 cm³/mol. The molecule has 0 aliphatic carbocycles. The number of aromatic nitrogens is 1. The van der Waals surface area contributed by atoms with E-state index in [1.54, 1.807) is 12.1 Å². The van der Waals surface area contributed by atoms with Crippen molar-refractivity contribution >= 4 is 15.8 Å². The van der Waals surface area contributed by atoms with Crippen molar-refractivity contribution < 1.29 is 18.3 Å². The molecule has 0 aliphatic rings. The van der Waals surface area contributed by atoms with E-state index in [0.29, 0.717) is 0 Å². The number of benzene rings is 1.